The number of nitrogens with zero attached hydrogens (tertiary/aromatic N) is 3. The second-order valence-corrected chi connectivity index (χ2v) is 12.1. The SMILES string of the molecule is CCCC(CC)n1c(=O)c2c3cc(-c4ccncc4)c4ccc5ccc6c(C7C=CN=CC7)cc(c2c1=O)c1c6c5c4c31. The number of benzene rings is 5. The predicted octanol–water partition coefficient (Wildman–Crippen LogP) is 8.76. The van der Waals surface area contributed by atoms with Gasteiger partial charge in [0, 0.05) is 36.8 Å². The maximum Gasteiger partial charge on any atom is 0.262 e. The first-order valence-corrected chi connectivity index (χ1v) is 15.4. The molecule has 0 bridgehead atoms. The maximum atomic E-state index is 14.5. The molecule has 6 aromatic carbocycles. The van der Waals surface area contributed by atoms with E-state index in [0.717, 1.165) is 63.7 Å². The minimum atomic E-state index is -0.156. The van der Waals surface area contributed by atoms with Crippen molar-refractivity contribution in [2.24, 2.45) is 4.99 Å². The molecule has 5 nitrogen and oxygen atoms in total. The van der Waals surface area contributed by atoms with Crippen molar-refractivity contribution in [1.29, 1.82) is 0 Å². The molecule has 5 heteroatoms. The van der Waals surface area contributed by atoms with Gasteiger partial charge < -0.3 is 0 Å². The fourth-order valence-electron chi connectivity index (χ4n) is 8.19. The number of aromatic nitrogens is 2. The molecule has 1 aliphatic heterocycles. The van der Waals surface area contributed by atoms with Gasteiger partial charge in [-0.15, -0.1) is 0 Å². The van der Waals surface area contributed by atoms with Crippen molar-refractivity contribution >= 4 is 70.8 Å². The molecule has 0 radical (unpaired) electrons. The van der Waals surface area contributed by atoms with Crippen LogP contribution >= 0.6 is 0 Å². The average Bonchev–Trinajstić information content (AvgIpc) is 3.55. The number of fused-ring (bicyclic) bond motifs is 3. The van der Waals surface area contributed by atoms with Gasteiger partial charge in [0.05, 0.1) is 10.8 Å². The van der Waals surface area contributed by atoms with E-state index in [1.54, 1.807) is 4.57 Å². The molecule has 0 amide bonds. The Morgan fingerprint density at radius 3 is 2.14 bits per heavy atom. The van der Waals surface area contributed by atoms with Gasteiger partial charge in [-0.25, -0.2) is 0 Å². The molecule has 2 atom stereocenters. The summed E-state index contributed by atoms with van der Waals surface area (Å²) in [5.41, 5.74) is 2.99. The Kier molecular flexibility index (Phi) is 5.05. The molecule has 3 heterocycles. The molecule has 0 fully saturated rings. The van der Waals surface area contributed by atoms with Gasteiger partial charge in [-0.05, 0) is 114 Å². The van der Waals surface area contributed by atoms with Crippen molar-refractivity contribution in [3.63, 3.8) is 0 Å². The van der Waals surface area contributed by atoms with Crippen LogP contribution in [-0.2, 0) is 0 Å². The monoisotopic (exact) mass is 559 g/mol. The first kappa shape index (κ1) is 24.7. The summed E-state index contributed by atoms with van der Waals surface area (Å²) in [5, 5.41) is 12.3. The summed E-state index contributed by atoms with van der Waals surface area (Å²) in [5.74, 6) is 0.146. The van der Waals surface area contributed by atoms with Crippen LogP contribution in [0.25, 0.3) is 75.8 Å². The van der Waals surface area contributed by atoms with Crippen LogP contribution in [0.1, 0.15) is 57.1 Å². The highest BCUT2D eigenvalue weighted by atomic mass is 16.2. The van der Waals surface area contributed by atoms with Crippen molar-refractivity contribution in [1.82, 2.24) is 9.55 Å². The van der Waals surface area contributed by atoms with Crippen molar-refractivity contribution in [3.8, 4) is 11.1 Å². The Labute approximate surface area is 247 Å². The molecule has 8 aromatic rings. The Hall–Kier alpha value is -4.90. The second-order valence-electron chi connectivity index (χ2n) is 12.1. The van der Waals surface area contributed by atoms with Gasteiger partial charge >= 0.3 is 0 Å². The molecule has 2 aromatic heterocycles. The van der Waals surface area contributed by atoms with Crippen LogP contribution in [0.3, 0.4) is 0 Å². The Bertz CT molecular complexity index is 2530. The van der Waals surface area contributed by atoms with Gasteiger partial charge in [0.15, 0.2) is 0 Å². The first-order chi connectivity index (χ1) is 21.1. The zero-order valence-corrected chi connectivity index (χ0v) is 24.1. The lowest BCUT2D eigenvalue weighted by Crippen LogP contribution is -2.29. The van der Waals surface area contributed by atoms with Gasteiger partial charge in [-0.3, -0.25) is 24.1 Å². The molecule has 9 rings (SSSR count). The normalized spacial score (nSPS) is 16.5. The largest absolute Gasteiger partial charge is 0.271 e. The van der Waals surface area contributed by atoms with Crippen LogP contribution < -0.4 is 11.1 Å². The lowest BCUT2D eigenvalue weighted by Gasteiger charge is -2.18. The van der Waals surface area contributed by atoms with Crippen LogP contribution in [0.15, 0.2) is 87.8 Å². The number of pyridine rings is 1. The fourth-order valence-corrected chi connectivity index (χ4v) is 8.19. The number of hydrogen-bond donors (Lipinski definition) is 0. The van der Waals surface area contributed by atoms with E-state index in [1.807, 2.05) is 36.9 Å². The summed E-state index contributed by atoms with van der Waals surface area (Å²) in [6.45, 7) is 4.19. The number of aliphatic imine (C=N–C) groups is 1. The Morgan fingerprint density at radius 1 is 0.791 bits per heavy atom. The Morgan fingerprint density at radius 2 is 1.47 bits per heavy atom. The predicted molar refractivity (Wildman–Crippen MR) is 179 cm³/mol. The standard InChI is InChI=1S/C38H29N3O2/c1-3-5-23(4-2)41-37(42)35-28-18-26(20-10-14-39-15-11-20)24-8-6-22-7-9-25-27(21-12-16-40-17-13-21)19-29(36(35)38(41)43)34-32(25)30(22)31(24)33(28)34/h6-12,14-19,21,23H,3-5,13H2,1-2H3. The van der Waals surface area contributed by atoms with Crippen molar-refractivity contribution in [2.45, 2.75) is 51.5 Å². The third-order valence-electron chi connectivity index (χ3n) is 10.0. The first-order valence-electron chi connectivity index (χ1n) is 15.4. The molecule has 0 saturated heterocycles. The van der Waals surface area contributed by atoms with E-state index in [0.29, 0.717) is 10.8 Å². The molecule has 0 spiro atoms. The smallest absolute Gasteiger partial charge is 0.262 e. The summed E-state index contributed by atoms with van der Waals surface area (Å²) in [4.78, 5) is 37.7. The zero-order valence-electron chi connectivity index (χ0n) is 24.1. The molecule has 0 aliphatic carbocycles. The van der Waals surface area contributed by atoms with E-state index >= 15 is 0 Å². The molecule has 43 heavy (non-hydrogen) atoms. The minimum absolute atomic E-state index is 0.120. The third kappa shape index (κ3) is 3.07. The molecular weight excluding hydrogens is 530 g/mol. The van der Waals surface area contributed by atoms with Gasteiger partial charge in [0.2, 0.25) is 0 Å². The number of hydrogen-bond acceptors (Lipinski definition) is 4. The van der Waals surface area contributed by atoms with Crippen molar-refractivity contribution in [3.05, 3.63) is 99.5 Å². The zero-order chi connectivity index (χ0) is 29.0. The molecule has 208 valence electrons. The molecule has 2 unspecified atom stereocenters. The highest BCUT2D eigenvalue weighted by molar-refractivity contribution is 6.49. The van der Waals surface area contributed by atoms with E-state index < -0.39 is 0 Å². The third-order valence-corrected chi connectivity index (χ3v) is 10.0. The van der Waals surface area contributed by atoms with E-state index in [9.17, 15) is 9.59 Å². The minimum Gasteiger partial charge on any atom is -0.271 e. The van der Waals surface area contributed by atoms with E-state index in [1.165, 1.54) is 32.5 Å². The van der Waals surface area contributed by atoms with Crippen LogP contribution in [-0.4, -0.2) is 15.8 Å². The van der Waals surface area contributed by atoms with Crippen LogP contribution in [0, 0.1) is 0 Å². The van der Waals surface area contributed by atoms with Crippen LogP contribution in [0.2, 0.25) is 0 Å². The van der Waals surface area contributed by atoms with E-state index in [4.69, 9.17) is 0 Å². The summed E-state index contributed by atoms with van der Waals surface area (Å²) in [6, 6.07) is 17.2. The number of allylic oxidation sites excluding steroid dienone is 1. The highest BCUT2D eigenvalue weighted by Crippen LogP contribution is 2.53. The quantitative estimate of drug-likeness (QED) is 0.191. The summed E-state index contributed by atoms with van der Waals surface area (Å²) >= 11 is 0. The molecule has 0 saturated carbocycles. The summed E-state index contributed by atoms with van der Waals surface area (Å²) in [7, 11) is 0. The van der Waals surface area contributed by atoms with Crippen LogP contribution in [0.4, 0.5) is 0 Å². The lowest BCUT2D eigenvalue weighted by molar-refractivity contribution is 0.433. The highest BCUT2D eigenvalue weighted by Gasteiger charge is 2.30. The van der Waals surface area contributed by atoms with Crippen LogP contribution in [0.5, 0.6) is 0 Å². The van der Waals surface area contributed by atoms with Gasteiger partial charge in [-0.1, -0.05) is 50.6 Å². The summed E-state index contributed by atoms with van der Waals surface area (Å²) in [6.07, 6.45) is 12.9. The lowest BCUT2D eigenvalue weighted by atomic mass is 9.86. The number of rotatable bonds is 6. The van der Waals surface area contributed by atoms with E-state index in [-0.39, 0.29) is 23.1 Å². The average molecular weight is 560 g/mol. The maximum absolute atomic E-state index is 14.5. The molecule has 1 aliphatic rings. The van der Waals surface area contributed by atoms with E-state index in [2.05, 4.69) is 66.3 Å². The van der Waals surface area contributed by atoms with Crippen molar-refractivity contribution < 1.29 is 0 Å². The second kappa shape index (κ2) is 8.81. The molecular formula is C38H29N3O2. The summed E-state index contributed by atoms with van der Waals surface area (Å²) < 4.78 is 1.58. The van der Waals surface area contributed by atoms with Gasteiger partial charge in [0.25, 0.3) is 11.1 Å². The van der Waals surface area contributed by atoms with Gasteiger partial charge in [-0.2, -0.15) is 0 Å². The topological polar surface area (TPSA) is 64.3 Å². The molecule has 0 N–H and O–H groups in total. The fraction of sp³-hybridized carbons (Fsp3) is 0.211. The van der Waals surface area contributed by atoms with Crippen molar-refractivity contribution in [2.75, 3.05) is 0 Å². The van der Waals surface area contributed by atoms with Gasteiger partial charge in [0.1, 0.15) is 0 Å². The Balaban J connectivity index is 1.59.